The van der Waals surface area contributed by atoms with E-state index in [1.165, 1.54) is 0 Å². The Balaban J connectivity index is 2.74. The number of pyridine rings is 1. The van der Waals surface area contributed by atoms with Gasteiger partial charge in [0.25, 0.3) is 0 Å². The Hall–Kier alpha value is -1.45. The van der Waals surface area contributed by atoms with E-state index in [2.05, 4.69) is 24.1 Å². The summed E-state index contributed by atoms with van der Waals surface area (Å²) >= 11 is 0. The standard InChI is InChI=1S/C11H19N3O/c1-4-5-8(2)13-11-9(12)6-7-10(14-11)15-3/h6-8H,4-5,12H2,1-3H3,(H,13,14). The molecule has 0 aliphatic rings. The molecule has 4 nitrogen and oxygen atoms in total. The van der Waals surface area contributed by atoms with Crippen LogP contribution in [0.1, 0.15) is 26.7 Å². The molecule has 1 aromatic rings. The summed E-state index contributed by atoms with van der Waals surface area (Å²) in [6, 6.07) is 3.93. The van der Waals surface area contributed by atoms with Crippen LogP contribution in [0.15, 0.2) is 12.1 Å². The first-order valence-corrected chi connectivity index (χ1v) is 5.24. The minimum Gasteiger partial charge on any atom is -0.481 e. The van der Waals surface area contributed by atoms with Gasteiger partial charge in [0.15, 0.2) is 5.82 Å². The van der Waals surface area contributed by atoms with E-state index in [0.29, 0.717) is 23.4 Å². The Morgan fingerprint density at radius 3 is 2.87 bits per heavy atom. The van der Waals surface area contributed by atoms with Gasteiger partial charge >= 0.3 is 0 Å². The highest BCUT2D eigenvalue weighted by Crippen LogP contribution is 2.20. The Labute approximate surface area is 90.8 Å². The predicted molar refractivity (Wildman–Crippen MR) is 63.2 cm³/mol. The lowest BCUT2D eigenvalue weighted by atomic mass is 10.2. The van der Waals surface area contributed by atoms with E-state index < -0.39 is 0 Å². The van der Waals surface area contributed by atoms with Crippen LogP contribution in [0.3, 0.4) is 0 Å². The van der Waals surface area contributed by atoms with Crippen molar-refractivity contribution in [3.63, 3.8) is 0 Å². The molecule has 15 heavy (non-hydrogen) atoms. The summed E-state index contributed by atoms with van der Waals surface area (Å²) in [6.45, 7) is 4.27. The zero-order valence-electron chi connectivity index (χ0n) is 9.58. The summed E-state index contributed by atoms with van der Waals surface area (Å²) in [7, 11) is 1.60. The highest BCUT2D eigenvalue weighted by atomic mass is 16.5. The molecule has 1 rings (SSSR count). The van der Waals surface area contributed by atoms with Crippen LogP contribution in [-0.2, 0) is 0 Å². The number of anilines is 2. The van der Waals surface area contributed by atoms with Crippen molar-refractivity contribution in [2.24, 2.45) is 0 Å². The van der Waals surface area contributed by atoms with Gasteiger partial charge in [-0.2, -0.15) is 4.98 Å². The van der Waals surface area contributed by atoms with Crippen molar-refractivity contribution in [2.75, 3.05) is 18.2 Å². The Morgan fingerprint density at radius 1 is 1.53 bits per heavy atom. The fourth-order valence-corrected chi connectivity index (χ4v) is 1.42. The molecule has 0 fully saturated rings. The van der Waals surface area contributed by atoms with E-state index in [1.54, 1.807) is 19.2 Å². The fraction of sp³-hybridized carbons (Fsp3) is 0.545. The van der Waals surface area contributed by atoms with Gasteiger partial charge in [-0.05, 0) is 19.4 Å². The van der Waals surface area contributed by atoms with E-state index in [9.17, 15) is 0 Å². The molecule has 0 aliphatic heterocycles. The van der Waals surface area contributed by atoms with E-state index >= 15 is 0 Å². The van der Waals surface area contributed by atoms with Crippen molar-refractivity contribution in [1.82, 2.24) is 4.98 Å². The van der Waals surface area contributed by atoms with Gasteiger partial charge in [-0.3, -0.25) is 0 Å². The average molecular weight is 209 g/mol. The molecule has 0 spiro atoms. The second-order valence-corrected chi connectivity index (χ2v) is 3.63. The van der Waals surface area contributed by atoms with Gasteiger partial charge in [0.05, 0.1) is 12.8 Å². The molecule has 1 atom stereocenters. The number of hydrogen-bond donors (Lipinski definition) is 2. The first-order chi connectivity index (χ1) is 7.17. The third-order valence-corrected chi connectivity index (χ3v) is 2.21. The number of rotatable bonds is 5. The maximum atomic E-state index is 5.81. The normalized spacial score (nSPS) is 12.2. The second-order valence-electron chi connectivity index (χ2n) is 3.63. The first-order valence-electron chi connectivity index (χ1n) is 5.24. The van der Waals surface area contributed by atoms with Crippen LogP contribution >= 0.6 is 0 Å². The maximum absolute atomic E-state index is 5.81. The number of aromatic nitrogens is 1. The van der Waals surface area contributed by atoms with Gasteiger partial charge in [-0.15, -0.1) is 0 Å². The molecule has 1 heterocycles. The van der Waals surface area contributed by atoms with Crippen molar-refractivity contribution >= 4 is 11.5 Å². The van der Waals surface area contributed by atoms with Crippen molar-refractivity contribution in [1.29, 1.82) is 0 Å². The Kier molecular flexibility index (Phi) is 4.21. The maximum Gasteiger partial charge on any atom is 0.215 e. The van der Waals surface area contributed by atoms with Gasteiger partial charge < -0.3 is 15.8 Å². The predicted octanol–water partition coefficient (Wildman–Crippen LogP) is 2.27. The van der Waals surface area contributed by atoms with Crippen molar-refractivity contribution in [3.8, 4) is 5.88 Å². The minimum absolute atomic E-state index is 0.372. The smallest absolute Gasteiger partial charge is 0.215 e. The van der Waals surface area contributed by atoms with E-state index in [-0.39, 0.29) is 0 Å². The molecular weight excluding hydrogens is 190 g/mol. The van der Waals surface area contributed by atoms with Crippen LogP contribution < -0.4 is 15.8 Å². The molecule has 0 aromatic carbocycles. The summed E-state index contributed by atoms with van der Waals surface area (Å²) in [5.74, 6) is 1.28. The van der Waals surface area contributed by atoms with Gasteiger partial charge in [0, 0.05) is 12.1 Å². The van der Waals surface area contributed by atoms with Gasteiger partial charge in [0.1, 0.15) is 0 Å². The largest absolute Gasteiger partial charge is 0.481 e. The summed E-state index contributed by atoms with van der Waals surface area (Å²) < 4.78 is 5.04. The Morgan fingerprint density at radius 2 is 2.27 bits per heavy atom. The topological polar surface area (TPSA) is 60.2 Å². The van der Waals surface area contributed by atoms with Gasteiger partial charge in [0.2, 0.25) is 5.88 Å². The Bertz CT molecular complexity index is 315. The monoisotopic (exact) mass is 209 g/mol. The minimum atomic E-state index is 0.372. The molecule has 0 saturated heterocycles. The second kappa shape index (κ2) is 5.44. The lowest BCUT2D eigenvalue weighted by molar-refractivity contribution is 0.398. The number of nitrogens with one attached hydrogen (secondary N) is 1. The molecule has 0 bridgehead atoms. The molecule has 0 saturated carbocycles. The summed E-state index contributed by atoms with van der Waals surface area (Å²) in [6.07, 6.45) is 2.23. The SMILES string of the molecule is CCCC(C)Nc1nc(OC)ccc1N. The summed E-state index contributed by atoms with van der Waals surface area (Å²) in [5.41, 5.74) is 6.46. The average Bonchev–Trinajstić information content (AvgIpc) is 2.21. The number of methoxy groups -OCH3 is 1. The van der Waals surface area contributed by atoms with Gasteiger partial charge in [-0.1, -0.05) is 13.3 Å². The summed E-state index contributed by atoms with van der Waals surface area (Å²) in [5, 5.41) is 3.27. The van der Waals surface area contributed by atoms with Gasteiger partial charge in [-0.25, -0.2) is 0 Å². The molecule has 0 radical (unpaired) electrons. The lowest BCUT2D eigenvalue weighted by Crippen LogP contribution is -2.16. The first kappa shape index (κ1) is 11.6. The number of nitrogens with two attached hydrogens (primary N) is 1. The van der Waals surface area contributed by atoms with Crippen LogP contribution in [0.4, 0.5) is 11.5 Å². The number of ether oxygens (including phenoxy) is 1. The zero-order chi connectivity index (χ0) is 11.3. The molecule has 3 N–H and O–H groups in total. The number of nitrogen functional groups attached to an aromatic ring is 1. The third kappa shape index (κ3) is 3.31. The quantitative estimate of drug-likeness (QED) is 0.781. The third-order valence-electron chi connectivity index (χ3n) is 2.21. The number of nitrogens with zero attached hydrogens (tertiary/aromatic N) is 1. The zero-order valence-corrected chi connectivity index (χ0v) is 9.58. The highest BCUT2D eigenvalue weighted by molar-refractivity contribution is 5.62. The molecule has 4 heteroatoms. The molecule has 1 unspecified atom stereocenters. The fourth-order valence-electron chi connectivity index (χ4n) is 1.42. The summed E-state index contributed by atoms with van der Waals surface area (Å²) in [4.78, 5) is 4.25. The van der Waals surface area contributed by atoms with Crippen LogP contribution in [0, 0.1) is 0 Å². The van der Waals surface area contributed by atoms with Crippen molar-refractivity contribution < 1.29 is 4.74 Å². The van der Waals surface area contributed by atoms with E-state index in [4.69, 9.17) is 10.5 Å². The van der Waals surface area contributed by atoms with Crippen molar-refractivity contribution in [3.05, 3.63) is 12.1 Å². The molecule has 0 aliphatic carbocycles. The van der Waals surface area contributed by atoms with Crippen molar-refractivity contribution in [2.45, 2.75) is 32.7 Å². The van der Waals surface area contributed by atoms with Crippen LogP contribution in [0.2, 0.25) is 0 Å². The lowest BCUT2D eigenvalue weighted by Gasteiger charge is -2.15. The van der Waals surface area contributed by atoms with Crippen LogP contribution in [0.25, 0.3) is 0 Å². The molecule has 0 amide bonds. The number of hydrogen-bond acceptors (Lipinski definition) is 4. The van der Waals surface area contributed by atoms with Crippen LogP contribution in [-0.4, -0.2) is 18.1 Å². The molecular formula is C11H19N3O. The highest BCUT2D eigenvalue weighted by Gasteiger charge is 2.06. The molecule has 84 valence electrons. The molecule has 1 aromatic heterocycles. The van der Waals surface area contributed by atoms with E-state index in [1.807, 2.05) is 0 Å². The van der Waals surface area contributed by atoms with Crippen LogP contribution in [0.5, 0.6) is 5.88 Å². The van der Waals surface area contributed by atoms with E-state index in [0.717, 1.165) is 12.8 Å².